The molecule has 0 amide bonds. The van der Waals surface area contributed by atoms with Crippen molar-refractivity contribution in [2.45, 2.75) is 0 Å². The van der Waals surface area contributed by atoms with Crippen molar-refractivity contribution in [1.29, 1.82) is 0 Å². The van der Waals surface area contributed by atoms with Gasteiger partial charge in [-0.25, -0.2) is 4.21 Å². The molecule has 44 valence electrons. The zero-order valence-electron chi connectivity index (χ0n) is 4.10. The summed E-state index contributed by atoms with van der Waals surface area (Å²) >= 11 is -2.86. The minimum absolute atomic E-state index is 0. The second-order valence-corrected chi connectivity index (χ2v) is 0.757. The first-order valence-corrected chi connectivity index (χ1v) is 2.04. The van der Waals surface area contributed by atoms with Gasteiger partial charge in [-0.05, 0) is 0 Å². The topological polar surface area (TPSA) is 97.7 Å². The summed E-state index contributed by atoms with van der Waals surface area (Å²) in [6, 6.07) is 0. The SMILES string of the molecule is O=CO.O=S([O-])O.[K+]. The fourth-order valence-corrected chi connectivity index (χ4v) is 0. The molecule has 2 N–H and O–H groups in total. The summed E-state index contributed by atoms with van der Waals surface area (Å²) in [6.07, 6.45) is 0. The summed E-state index contributed by atoms with van der Waals surface area (Å²) in [7, 11) is 0. The van der Waals surface area contributed by atoms with Crippen LogP contribution in [0.15, 0.2) is 0 Å². The van der Waals surface area contributed by atoms with E-state index in [1.165, 1.54) is 0 Å². The monoisotopic (exact) mass is 166 g/mol. The summed E-state index contributed by atoms with van der Waals surface area (Å²) in [5, 5.41) is 6.89. The Labute approximate surface area is 91.0 Å². The van der Waals surface area contributed by atoms with E-state index in [2.05, 4.69) is 0 Å². The van der Waals surface area contributed by atoms with Crippen molar-refractivity contribution in [3.63, 3.8) is 0 Å². The summed E-state index contributed by atoms with van der Waals surface area (Å²) in [4.78, 5) is 8.36. The van der Waals surface area contributed by atoms with Gasteiger partial charge in [-0.1, -0.05) is 0 Å². The van der Waals surface area contributed by atoms with Crippen molar-refractivity contribution in [1.82, 2.24) is 0 Å². The molecule has 7 heteroatoms. The standard InChI is InChI=1S/CH2O2.K.H2O3S/c2-1-3;;1-4(2)3/h1H,(H,2,3);;(H2,1,2,3)/q;+1;/p-1. The zero-order chi connectivity index (χ0) is 6.28. The van der Waals surface area contributed by atoms with Crippen LogP contribution < -0.4 is 51.4 Å². The van der Waals surface area contributed by atoms with E-state index in [0.717, 1.165) is 0 Å². The van der Waals surface area contributed by atoms with Gasteiger partial charge in [-0.15, -0.1) is 0 Å². The van der Waals surface area contributed by atoms with Crippen molar-refractivity contribution in [3.8, 4) is 0 Å². The predicted molar refractivity (Wildman–Crippen MR) is 20.2 cm³/mol. The Morgan fingerprint density at radius 2 is 1.62 bits per heavy atom. The van der Waals surface area contributed by atoms with Crippen LogP contribution in [0.3, 0.4) is 0 Å². The number of carbonyl (C=O) groups is 1. The third-order valence-electron chi connectivity index (χ3n) is 0. The fourth-order valence-electron chi connectivity index (χ4n) is 0. The predicted octanol–water partition coefficient (Wildman–Crippen LogP) is -3.96. The molecule has 0 saturated carbocycles. The van der Waals surface area contributed by atoms with Gasteiger partial charge in [-0.3, -0.25) is 4.79 Å². The van der Waals surface area contributed by atoms with E-state index in [0.29, 0.717) is 0 Å². The molecule has 0 spiro atoms. The number of carboxylic acid groups (broad SMARTS) is 1. The molecule has 0 saturated heterocycles. The van der Waals surface area contributed by atoms with E-state index in [4.69, 9.17) is 23.2 Å². The first-order chi connectivity index (χ1) is 3.15. The third kappa shape index (κ3) is 198. The molecule has 0 aromatic rings. The number of hydrogen-bond acceptors (Lipinski definition) is 3. The second kappa shape index (κ2) is 15.7. The first-order valence-electron chi connectivity index (χ1n) is 1.01. The maximum atomic E-state index is 8.56. The fraction of sp³-hybridized carbons (Fsp3) is 0. The van der Waals surface area contributed by atoms with Crippen LogP contribution in [0, 0.1) is 0 Å². The summed E-state index contributed by atoms with van der Waals surface area (Å²) in [6.45, 7) is -0.250. The van der Waals surface area contributed by atoms with Crippen LogP contribution in [0.2, 0.25) is 0 Å². The van der Waals surface area contributed by atoms with E-state index in [1.807, 2.05) is 0 Å². The molecule has 0 aliphatic rings. The molecular formula is CH3KO5S. The number of rotatable bonds is 0. The van der Waals surface area contributed by atoms with Crippen LogP contribution in [-0.4, -0.2) is 24.9 Å². The summed E-state index contributed by atoms with van der Waals surface area (Å²) in [5.41, 5.74) is 0. The minimum Gasteiger partial charge on any atom is -0.750 e. The van der Waals surface area contributed by atoms with Crippen LogP contribution >= 0.6 is 0 Å². The number of hydrogen-bond donors (Lipinski definition) is 2. The largest absolute Gasteiger partial charge is 1.00 e. The van der Waals surface area contributed by atoms with Crippen molar-refractivity contribution < 1.29 is 74.6 Å². The third-order valence-corrected chi connectivity index (χ3v) is 0. The van der Waals surface area contributed by atoms with Crippen LogP contribution in [0.1, 0.15) is 0 Å². The molecule has 0 fully saturated rings. The van der Waals surface area contributed by atoms with Gasteiger partial charge in [0.15, 0.2) is 0 Å². The Hall–Kier alpha value is 1.18. The Kier molecular flexibility index (Phi) is 31.6. The van der Waals surface area contributed by atoms with Gasteiger partial charge in [0.1, 0.15) is 0 Å². The van der Waals surface area contributed by atoms with Crippen LogP contribution in [-0.2, 0) is 16.2 Å². The molecule has 8 heavy (non-hydrogen) atoms. The zero-order valence-corrected chi connectivity index (χ0v) is 8.04. The van der Waals surface area contributed by atoms with Crippen molar-refractivity contribution in [2.24, 2.45) is 0 Å². The average molecular weight is 166 g/mol. The first kappa shape index (κ1) is 16.1. The molecule has 0 aromatic carbocycles. The molecule has 1 unspecified atom stereocenters. The maximum Gasteiger partial charge on any atom is 1.00 e. The summed E-state index contributed by atoms with van der Waals surface area (Å²) < 4.78 is 24.1. The van der Waals surface area contributed by atoms with E-state index >= 15 is 0 Å². The molecule has 5 nitrogen and oxygen atoms in total. The van der Waals surface area contributed by atoms with Crippen LogP contribution in [0.25, 0.3) is 0 Å². The van der Waals surface area contributed by atoms with Crippen molar-refractivity contribution in [3.05, 3.63) is 0 Å². The van der Waals surface area contributed by atoms with Gasteiger partial charge in [0.25, 0.3) is 6.47 Å². The van der Waals surface area contributed by atoms with E-state index in [1.54, 1.807) is 0 Å². The normalized spacial score (nSPS) is 9.25. The van der Waals surface area contributed by atoms with Crippen LogP contribution in [0.5, 0.6) is 0 Å². The van der Waals surface area contributed by atoms with Crippen molar-refractivity contribution in [2.75, 3.05) is 0 Å². The van der Waals surface area contributed by atoms with Gasteiger partial charge in [0.2, 0.25) is 0 Å². The quantitative estimate of drug-likeness (QED) is 0.217. The van der Waals surface area contributed by atoms with E-state index in [9.17, 15) is 0 Å². The van der Waals surface area contributed by atoms with E-state index < -0.39 is 11.4 Å². The second-order valence-electron chi connectivity index (χ2n) is 0.323. The van der Waals surface area contributed by atoms with Gasteiger partial charge in [0, 0.05) is 0 Å². The Bertz CT molecular complexity index is 59.4. The molecular weight excluding hydrogens is 163 g/mol. The molecule has 0 aliphatic heterocycles. The Morgan fingerprint density at radius 1 is 1.62 bits per heavy atom. The summed E-state index contributed by atoms with van der Waals surface area (Å²) in [5.74, 6) is 0. The van der Waals surface area contributed by atoms with Crippen molar-refractivity contribution >= 4 is 17.8 Å². The molecule has 1 atom stereocenters. The van der Waals surface area contributed by atoms with E-state index in [-0.39, 0.29) is 57.9 Å². The molecule has 0 aromatic heterocycles. The van der Waals surface area contributed by atoms with Gasteiger partial charge in [0.05, 0.1) is 11.4 Å². The molecule has 0 rings (SSSR count). The minimum atomic E-state index is -2.86. The molecule has 0 heterocycles. The Morgan fingerprint density at radius 3 is 1.62 bits per heavy atom. The average Bonchev–Trinajstić information content (AvgIpc) is 1.33. The van der Waals surface area contributed by atoms with Gasteiger partial charge in [-0.2, -0.15) is 0 Å². The maximum absolute atomic E-state index is 8.56. The van der Waals surface area contributed by atoms with Gasteiger partial charge < -0.3 is 14.2 Å². The molecule has 0 radical (unpaired) electrons. The molecule has 0 aliphatic carbocycles. The van der Waals surface area contributed by atoms with Gasteiger partial charge >= 0.3 is 51.4 Å². The van der Waals surface area contributed by atoms with Crippen LogP contribution in [0.4, 0.5) is 0 Å². The molecule has 0 bridgehead atoms. The smallest absolute Gasteiger partial charge is 0.750 e. The Balaban J connectivity index is -0.0000000575.